The number of halogens is 1. The van der Waals surface area contributed by atoms with Gasteiger partial charge in [-0.15, -0.1) is 0 Å². The number of rotatable bonds is 6. The van der Waals surface area contributed by atoms with Crippen LogP contribution in [0.25, 0.3) is 0 Å². The lowest BCUT2D eigenvalue weighted by molar-refractivity contribution is 0.122. The second-order valence-corrected chi connectivity index (χ2v) is 9.21. The average Bonchev–Trinajstić information content (AvgIpc) is 2.69. The third-order valence-corrected chi connectivity index (χ3v) is 6.87. The number of para-hydroxylation sites is 1. The lowest BCUT2D eigenvalue weighted by Gasteiger charge is -2.31. The van der Waals surface area contributed by atoms with Gasteiger partial charge in [-0.25, -0.2) is 8.42 Å². The molecule has 6 nitrogen and oxygen atoms in total. The van der Waals surface area contributed by atoms with Crippen LogP contribution in [0.1, 0.15) is 5.56 Å². The average molecular weight is 455 g/mol. The van der Waals surface area contributed by atoms with Crippen molar-refractivity contribution in [3.05, 3.63) is 52.5 Å². The molecule has 0 atom stereocenters. The van der Waals surface area contributed by atoms with E-state index < -0.39 is 10.0 Å². The maximum atomic E-state index is 13.1. The number of sulfonamides is 1. The predicted molar refractivity (Wildman–Crippen MR) is 109 cm³/mol. The molecule has 1 fully saturated rings. The summed E-state index contributed by atoms with van der Waals surface area (Å²) in [5.41, 5.74) is 2.00. The SMILES string of the molecule is COc1ccc(Br)cc1S(=O)(=O)N(C)Cc1ccccc1N1CCOCC1. The van der Waals surface area contributed by atoms with E-state index in [1.165, 1.54) is 11.4 Å². The minimum absolute atomic E-state index is 0.144. The van der Waals surface area contributed by atoms with Gasteiger partial charge in [0, 0.05) is 36.8 Å². The molecule has 0 bridgehead atoms. The molecule has 0 aromatic heterocycles. The van der Waals surface area contributed by atoms with Crippen LogP contribution in [0.4, 0.5) is 5.69 Å². The van der Waals surface area contributed by atoms with Crippen LogP contribution in [-0.2, 0) is 21.3 Å². The highest BCUT2D eigenvalue weighted by atomic mass is 79.9. The van der Waals surface area contributed by atoms with Crippen LogP contribution in [0.3, 0.4) is 0 Å². The molecule has 0 unspecified atom stereocenters. The lowest BCUT2D eigenvalue weighted by Crippen LogP contribution is -2.37. The summed E-state index contributed by atoms with van der Waals surface area (Å²) in [6.45, 7) is 3.22. The van der Waals surface area contributed by atoms with Crippen molar-refractivity contribution >= 4 is 31.6 Å². The Morgan fingerprint density at radius 2 is 1.89 bits per heavy atom. The van der Waals surface area contributed by atoms with E-state index in [2.05, 4.69) is 20.8 Å². The van der Waals surface area contributed by atoms with Crippen molar-refractivity contribution in [1.82, 2.24) is 4.31 Å². The molecule has 0 radical (unpaired) electrons. The van der Waals surface area contributed by atoms with E-state index in [9.17, 15) is 8.42 Å². The predicted octanol–water partition coefficient (Wildman–Crippen LogP) is 3.12. The zero-order valence-electron chi connectivity index (χ0n) is 15.4. The van der Waals surface area contributed by atoms with Gasteiger partial charge in [0.15, 0.2) is 0 Å². The van der Waals surface area contributed by atoms with Crippen molar-refractivity contribution in [1.29, 1.82) is 0 Å². The summed E-state index contributed by atoms with van der Waals surface area (Å²) in [6, 6.07) is 12.9. The first-order valence-electron chi connectivity index (χ1n) is 8.64. The van der Waals surface area contributed by atoms with E-state index in [0.717, 1.165) is 24.3 Å². The smallest absolute Gasteiger partial charge is 0.246 e. The second-order valence-electron chi connectivity index (χ2n) is 6.28. The number of benzene rings is 2. The number of methoxy groups -OCH3 is 1. The molecule has 8 heteroatoms. The number of ether oxygens (including phenoxy) is 2. The Morgan fingerprint density at radius 3 is 2.59 bits per heavy atom. The van der Waals surface area contributed by atoms with Crippen LogP contribution in [0.15, 0.2) is 51.8 Å². The summed E-state index contributed by atoms with van der Waals surface area (Å²) in [7, 11) is -0.657. The van der Waals surface area contributed by atoms with Crippen LogP contribution in [0.5, 0.6) is 5.75 Å². The quantitative estimate of drug-likeness (QED) is 0.670. The van der Waals surface area contributed by atoms with Crippen molar-refractivity contribution in [2.24, 2.45) is 0 Å². The molecular formula is C19H23BrN2O4S. The Kier molecular flexibility index (Phi) is 6.41. The molecule has 146 valence electrons. The van der Waals surface area contributed by atoms with E-state index in [4.69, 9.17) is 9.47 Å². The summed E-state index contributed by atoms with van der Waals surface area (Å²) in [6.07, 6.45) is 0. The Balaban J connectivity index is 1.89. The Labute approximate surface area is 168 Å². The summed E-state index contributed by atoms with van der Waals surface area (Å²) < 4.78 is 39.0. The summed E-state index contributed by atoms with van der Waals surface area (Å²) in [5, 5.41) is 0. The topological polar surface area (TPSA) is 59.1 Å². The van der Waals surface area contributed by atoms with Gasteiger partial charge in [-0.2, -0.15) is 4.31 Å². The molecule has 2 aromatic carbocycles. The maximum absolute atomic E-state index is 13.1. The van der Waals surface area contributed by atoms with Gasteiger partial charge in [0.25, 0.3) is 0 Å². The summed E-state index contributed by atoms with van der Waals surface area (Å²) in [4.78, 5) is 2.38. The molecule has 27 heavy (non-hydrogen) atoms. The number of hydrogen-bond acceptors (Lipinski definition) is 5. The number of hydrogen-bond donors (Lipinski definition) is 0. The highest BCUT2D eigenvalue weighted by Crippen LogP contribution is 2.31. The minimum atomic E-state index is -3.71. The maximum Gasteiger partial charge on any atom is 0.246 e. The van der Waals surface area contributed by atoms with Gasteiger partial charge < -0.3 is 14.4 Å². The lowest BCUT2D eigenvalue weighted by atomic mass is 10.1. The first kappa shape index (κ1) is 20.1. The van der Waals surface area contributed by atoms with E-state index >= 15 is 0 Å². The molecular weight excluding hydrogens is 432 g/mol. The van der Waals surface area contributed by atoms with Crippen LogP contribution in [0.2, 0.25) is 0 Å². The highest BCUT2D eigenvalue weighted by molar-refractivity contribution is 9.10. The fraction of sp³-hybridized carbons (Fsp3) is 0.368. The van der Waals surface area contributed by atoms with Gasteiger partial charge in [0.2, 0.25) is 10.0 Å². The highest BCUT2D eigenvalue weighted by Gasteiger charge is 2.26. The zero-order valence-corrected chi connectivity index (χ0v) is 17.8. The van der Waals surface area contributed by atoms with E-state index in [-0.39, 0.29) is 11.4 Å². The molecule has 0 aliphatic carbocycles. The van der Waals surface area contributed by atoms with E-state index in [1.807, 2.05) is 24.3 Å². The summed E-state index contributed by atoms with van der Waals surface area (Å²) >= 11 is 3.34. The van der Waals surface area contributed by atoms with Crippen molar-refractivity contribution < 1.29 is 17.9 Å². The van der Waals surface area contributed by atoms with Crippen LogP contribution < -0.4 is 9.64 Å². The molecule has 0 N–H and O–H groups in total. The monoisotopic (exact) mass is 454 g/mol. The normalized spacial score (nSPS) is 15.2. The Hall–Kier alpha value is -1.61. The van der Waals surface area contributed by atoms with Gasteiger partial charge in [-0.3, -0.25) is 0 Å². The molecule has 1 heterocycles. The Morgan fingerprint density at radius 1 is 1.19 bits per heavy atom. The number of morpholine rings is 1. The van der Waals surface area contributed by atoms with Gasteiger partial charge in [-0.05, 0) is 29.8 Å². The fourth-order valence-electron chi connectivity index (χ4n) is 3.10. The van der Waals surface area contributed by atoms with Gasteiger partial charge in [-0.1, -0.05) is 34.1 Å². The largest absolute Gasteiger partial charge is 0.495 e. The Bertz CT molecular complexity index is 898. The van der Waals surface area contributed by atoms with Gasteiger partial charge in [0.1, 0.15) is 10.6 Å². The minimum Gasteiger partial charge on any atom is -0.495 e. The zero-order chi connectivity index (χ0) is 19.4. The molecule has 3 rings (SSSR count). The van der Waals surface area contributed by atoms with Crippen molar-refractivity contribution in [3.63, 3.8) is 0 Å². The van der Waals surface area contributed by atoms with E-state index in [1.54, 1.807) is 25.2 Å². The number of anilines is 1. The van der Waals surface area contributed by atoms with Crippen LogP contribution >= 0.6 is 15.9 Å². The fourth-order valence-corrected chi connectivity index (χ4v) is 4.94. The van der Waals surface area contributed by atoms with Gasteiger partial charge in [0.05, 0.1) is 20.3 Å². The molecule has 0 spiro atoms. The molecule has 1 saturated heterocycles. The molecule has 0 saturated carbocycles. The molecule has 2 aromatic rings. The van der Waals surface area contributed by atoms with Crippen molar-refractivity contribution in [3.8, 4) is 5.75 Å². The molecule has 0 amide bonds. The standard InChI is InChI=1S/C19H23BrN2O4S/c1-21(27(23,24)19-13-16(20)7-8-18(19)25-2)14-15-5-3-4-6-17(15)22-9-11-26-12-10-22/h3-8,13H,9-12,14H2,1-2H3. The van der Waals surface area contributed by atoms with Crippen molar-refractivity contribution in [2.45, 2.75) is 11.4 Å². The number of nitrogens with zero attached hydrogens (tertiary/aromatic N) is 2. The summed E-state index contributed by atoms with van der Waals surface area (Å²) in [5.74, 6) is 0.325. The van der Waals surface area contributed by atoms with Crippen molar-refractivity contribution in [2.75, 3.05) is 45.4 Å². The molecule has 1 aliphatic heterocycles. The van der Waals surface area contributed by atoms with E-state index in [0.29, 0.717) is 23.4 Å². The second kappa shape index (κ2) is 8.60. The third-order valence-electron chi connectivity index (χ3n) is 4.55. The first-order valence-corrected chi connectivity index (χ1v) is 10.9. The first-order chi connectivity index (χ1) is 12.9. The third kappa shape index (κ3) is 4.45. The van der Waals surface area contributed by atoms with Crippen LogP contribution in [0, 0.1) is 0 Å². The van der Waals surface area contributed by atoms with Gasteiger partial charge >= 0.3 is 0 Å². The molecule has 1 aliphatic rings. The van der Waals surface area contributed by atoms with Crippen LogP contribution in [-0.4, -0.2) is 53.2 Å².